The molecule has 2 heterocycles. The van der Waals surface area contributed by atoms with Gasteiger partial charge in [-0.25, -0.2) is 0 Å². The van der Waals surface area contributed by atoms with Crippen LogP contribution in [0.5, 0.6) is 0 Å². The lowest BCUT2D eigenvalue weighted by molar-refractivity contribution is -0.115. The fourth-order valence-corrected chi connectivity index (χ4v) is 5.73. The molecule has 0 aromatic carbocycles. The fourth-order valence-electron chi connectivity index (χ4n) is 5.73. The molecule has 4 heteroatoms. The van der Waals surface area contributed by atoms with Crippen LogP contribution < -0.4 is 16.4 Å². The molecule has 2 rings (SSSR count). The highest BCUT2D eigenvalue weighted by Gasteiger charge is 2.41. The lowest BCUT2D eigenvalue weighted by atomic mass is 9.70. The molecule has 4 nitrogen and oxygen atoms in total. The number of nitrogens with one attached hydrogen (secondary N) is 2. The summed E-state index contributed by atoms with van der Waals surface area (Å²) in [6.45, 7) is 17.9. The van der Waals surface area contributed by atoms with Gasteiger partial charge >= 0.3 is 0 Å². The van der Waals surface area contributed by atoms with Crippen LogP contribution in [0.2, 0.25) is 0 Å². The average Bonchev–Trinajstić information content (AvgIpc) is 2.27. The summed E-state index contributed by atoms with van der Waals surface area (Å²) in [7, 11) is 0. The van der Waals surface area contributed by atoms with Gasteiger partial charge in [0.1, 0.15) is 0 Å². The van der Waals surface area contributed by atoms with Gasteiger partial charge in [-0.15, -0.1) is 0 Å². The van der Waals surface area contributed by atoms with Crippen molar-refractivity contribution in [2.75, 3.05) is 0 Å². The van der Waals surface area contributed by atoms with Crippen molar-refractivity contribution in [3.8, 4) is 0 Å². The van der Waals surface area contributed by atoms with E-state index in [1.165, 1.54) is 0 Å². The lowest BCUT2D eigenvalue weighted by Gasteiger charge is -2.48. The van der Waals surface area contributed by atoms with Crippen LogP contribution in [0.15, 0.2) is 11.6 Å². The molecule has 144 valence electrons. The van der Waals surface area contributed by atoms with E-state index >= 15 is 0 Å². The van der Waals surface area contributed by atoms with E-state index in [-0.39, 0.29) is 34.0 Å². The van der Waals surface area contributed by atoms with E-state index in [4.69, 9.17) is 5.73 Å². The topological polar surface area (TPSA) is 67.2 Å². The maximum absolute atomic E-state index is 12.3. The van der Waals surface area contributed by atoms with Gasteiger partial charge in [-0.2, -0.15) is 0 Å². The minimum Gasteiger partial charge on any atom is -0.366 e. The molecule has 2 fully saturated rings. The van der Waals surface area contributed by atoms with E-state index in [0.717, 1.165) is 31.3 Å². The normalized spacial score (nSPS) is 29.4. The van der Waals surface area contributed by atoms with Crippen molar-refractivity contribution < 1.29 is 4.79 Å². The fraction of sp³-hybridized carbons (Fsp3) is 0.857. The van der Waals surface area contributed by atoms with Gasteiger partial charge in [0, 0.05) is 27.7 Å². The molecule has 2 saturated heterocycles. The van der Waals surface area contributed by atoms with Crippen molar-refractivity contribution in [2.45, 2.75) is 103 Å². The summed E-state index contributed by atoms with van der Waals surface area (Å²) >= 11 is 0. The molecular formula is C21H39N3O. The first kappa shape index (κ1) is 20.4. The van der Waals surface area contributed by atoms with E-state index in [1.54, 1.807) is 0 Å². The van der Waals surface area contributed by atoms with Crippen LogP contribution in [0.1, 0.15) is 81.1 Å². The monoisotopic (exact) mass is 349 g/mol. The van der Waals surface area contributed by atoms with Gasteiger partial charge < -0.3 is 16.4 Å². The summed E-state index contributed by atoms with van der Waals surface area (Å²) in [4.78, 5) is 12.3. The number of carbonyl (C=O) groups excluding carboxylic acids is 1. The quantitative estimate of drug-likeness (QED) is 0.683. The van der Waals surface area contributed by atoms with Crippen molar-refractivity contribution in [1.82, 2.24) is 10.6 Å². The van der Waals surface area contributed by atoms with E-state index in [0.29, 0.717) is 5.92 Å². The van der Waals surface area contributed by atoms with Crippen LogP contribution >= 0.6 is 0 Å². The number of carbonyl (C=O) groups is 1. The molecule has 0 radical (unpaired) electrons. The average molecular weight is 350 g/mol. The summed E-state index contributed by atoms with van der Waals surface area (Å²) < 4.78 is 0. The Labute approximate surface area is 154 Å². The van der Waals surface area contributed by atoms with Crippen molar-refractivity contribution in [3.63, 3.8) is 0 Å². The molecular weight excluding hydrogens is 310 g/mol. The molecule has 0 aromatic heterocycles. The number of allylic oxidation sites excluding steroid dienone is 1. The molecule has 1 amide bonds. The van der Waals surface area contributed by atoms with Crippen molar-refractivity contribution in [1.29, 1.82) is 0 Å². The van der Waals surface area contributed by atoms with E-state index in [2.05, 4.69) is 72.1 Å². The van der Waals surface area contributed by atoms with Gasteiger partial charge in [0.2, 0.25) is 5.91 Å². The standard InChI is InChI=1S/C21H39N3O/c1-18(2)10-14(11-19(3,4)23-18)9-16(17(22)25)15-12-20(5,6)24-21(7,8)13-15/h9,14-15,23-24H,10-13H2,1-8H3,(H2,22,25). The minimum absolute atomic E-state index is 0.00756. The third-order valence-electron chi connectivity index (χ3n) is 5.55. The Kier molecular flexibility index (Phi) is 5.22. The molecule has 0 unspecified atom stereocenters. The van der Waals surface area contributed by atoms with Gasteiger partial charge in [-0.05, 0) is 92.9 Å². The van der Waals surface area contributed by atoms with Gasteiger partial charge in [0.15, 0.2) is 0 Å². The highest BCUT2D eigenvalue weighted by molar-refractivity contribution is 5.92. The Morgan fingerprint density at radius 3 is 1.52 bits per heavy atom. The molecule has 0 aliphatic carbocycles. The summed E-state index contributed by atoms with van der Waals surface area (Å²) in [5, 5.41) is 7.41. The largest absolute Gasteiger partial charge is 0.366 e. The second kappa shape index (κ2) is 6.38. The molecule has 0 bridgehead atoms. The Morgan fingerprint density at radius 2 is 1.16 bits per heavy atom. The SMILES string of the molecule is CC1(C)CC(C=C(C(N)=O)C2CC(C)(C)NC(C)(C)C2)CC(C)(C)N1. The second-order valence-corrected chi connectivity index (χ2v) is 11.0. The zero-order valence-electron chi connectivity index (χ0n) is 17.5. The third-order valence-corrected chi connectivity index (χ3v) is 5.55. The highest BCUT2D eigenvalue weighted by atomic mass is 16.1. The zero-order chi connectivity index (χ0) is 19.3. The number of hydrogen-bond acceptors (Lipinski definition) is 3. The predicted octanol–water partition coefficient (Wildman–Crippen LogP) is 3.51. The van der Waals surface area contributed by atoms with E-state index in [1.807, 2.05) is 0 Å². The first-order valence-corrected chi connectivity index (χ1v) is 9.70. The Morgan fingerprint density at radius 1 is 0.800 bits per heavy atom. The molecule has 2 aliphatic rings. The number of piperidine rings is 2. The smallest absolute Gasteiger partial charge is 0.244 e. The van der Waals surface area contributed by atoms with Gasteiger partial charge in [0.05, 0.1) is 0 Å². The highest BCUT2D eigenvalue weighted by Crippen LogP contribution is 2.39. The van der Waals surface area contributed by atoms with E-state index < -0.39 is 0 Å². The maximum Gasteiger partial charge on any atom is 0.244 e. The van der Waals surface area contributed by atoms with Gasteiger partial charge in [-0.1, -0.05) is 6.08 Å². The number of primary amides is 1. The van der Waals surface area contributed by atoms with Crippen LogP contribution in [-0.2, 0) is 4.79 Å². The predicted molar refractivity (Wildman–Crippen MR) is 105 cm³/mol. The number of amides is 1. The molecule has 0 saturated carbocycles. The van der Waals surface area contributed by atoms with Crippen LogP contribution in [0.4, 0.5) is 0 Å². The zero-order valence-corrected chi connectivity index (χ0v) is 17.5. The molecule has 25 heavy (non-hydrogen) atoms. The first-order valence-electron chi connectivity index (χ1n) is 9.70. The summed E-state index contributed by atoms with van der Waals surface area (Å²) in [5.74, 6) is 0.368. The summed E-state index contributed by atoms with van der Waals surface area (Å²) in [5.41, 5.74) is 6.85. The van der Waals surface area contributed by atoms with Crippen molar-refractivity contribution >= 4 is 5.91 Å². The summed E-state index contributed by atoms with van der Waals surface area (Å²) in [6.07, 6.45) is 6.18. The Balaban J connectivity index is 2.31. The van der Waals surface area contributed by atoms with Gasteiger partial charge in [-0.3, -0.25) is 4.79 Å². The van der Waals surface area contributed by atoms with Gasteiger partial charge in [0.25, 0.3) is 0 Å². The second-order valence-electron chi connectivity index (χ2n) is 11.0. The Hall–Kier alpha value is -0.870. The van der Waals surface area contributed by atoms with Crippen LogP contribution in [0.3, 0.4) is 0 Å². The third kappa shape index (κ3) is 5.55. The number of rotatable bonds is 3. The van der Waals surface area contributed by atoms with Crippen LogP contribution in [-0.4, -0.2) is 28.1 Å². The molecule has 4 N–H and O–H groups in total. The summed E-state index contributed by atoms with van der Waals surface area (Å²) in [6, 6.07) is 0. The number of hydrogen-bond donors (Lipinski definition) is 3. The first-order chi connectivity index (χ1) is 11.1. The van der Waals surface area contributed by atoms with Crippen molar-refractivity contribution in [2.24, 2.45) is 17.6 Å². The molecule has 0 aromatic rings. The molecule has 2 aliphatic heterocycles. The van der Waals surface area contributed by atoms with E-state index in [9.17, 15) is 4.79 Å². The molecule has 0 atom stereocenters. The van der Waals surface area contributed by atoms with Crippen LogP contribution in [0, 0.1) is 11.8 Å². The maximum atomic E-state index is 12.3. The Bertz CT molecular complexity index is 525. The van der Waals surface area contributed by atoms with Crippen LogP contribution in [0.25, 0.3) is 0 Å². The number of nitrogens with two attached hydrogens (primary N) is 1. The molecule has 0 spiro atoms. The minimum atomic E-state index is -0.243. The lowest BCUT2D eigenvalue weighted by Crippen LogP contribution is -2.59. The van der Waals surface area contributed by atoms with Crippen molar-refractivity contribution in [3.05, 3.63) is 11.6 Å².